The fourth-order valence-electron chi connectivity index (χ4n) is 2.86. The summed E-state index contributed by atoms with van der Waals surface area (Å²) in [5.41, 5.74) is 2.61. The monoisotopic (exact) mass is 346 g/mol. The molecule has 1 unspecified atom stereocenters. The molecule has 1 aromatic rings. The smallest absolute Gasteiger partial charge is 0.158 e. The second-order valence-electron chi connectivity index (χ2n) is 5.76. The summed E-state index contributed by atoms with van der Waals surface area (Å²) in [5, 5.41) is 12.7. The molecule has 0 bridgehead atoms. The Morgan fingerprint density at radius 2 is 2.22 bits per heavy atom. The molecule has 0 amide bonds. The molecule has 0 spiro atoms. The summed E-state index contributed by atoms with van der Waals surface area (Å²) in [7, 11) is 0. The van der Waals surface area contributed by atoms with Gasteiger partial charge in [0.2, 0.25) is 0 Å². The second kappa shape index (κ2) is 7.94. The molecule has 23 heavy (non-hydrogen) atoms. The molecule has 2 atom stereocenters. The summed E-state index contributed by atoms with van der Waals surface area (Å²) in [6.45, 7) is 7.67. The third-order valence-corrected chi connectivity index (χ3v) is 6.26. The van der Waals surface area contributed by atoms with Crippen LogP contribution in [0.4, 0.5) is 0 Å². The SMILES string of the molecule is CCCCSC1=NC(C)=C(C(C)=O)[C@H](c2sccc2C)C1C#N. The molecule has 122 valence electrons. The summed E-state index contributed by atoms with van der Waals surface area (Å²) in [4.78, 5) is 18.0. The molecule has 0 fully saturated rings. The zero-order valence-corrected chi connectivity index (χ0v) is 15.7. The van der Waals surface area contributed by atoms with Gasteiger partial charge < -0.3 is 0 Å². The van der Waals surface area contributed by atoms with Gasteiger partial charge in [0.25, 0.3) is 0 Å². The minimum atomic E-state index is -0.364. The first-order valence-electron chi connectivity index (χ1n) is 7.87. The number of thiophene rings is 1. The van der Waals surface area contributed by atoms with Crippen molar-refractivity contribution >= 4 is 33.9 Å². The van der Waals surface area contributed by atoms with E-state index in [0.29, 0.717) is 5.57 Å². The maximum absolute atomic E-state index is 12.2. The zero-order chi connectivity index (χ0) is 17.0. The quantitative estimate of drug-likeness (QED) is 0.698. The number of unbranched alkanes of at least 4 members (excludes halogenated alkanes) is 1. The number of Topliss-reactive ketones (excluding diaryl/α,β-unsaturated/α-hetero) is 1. The average Bonchev–Trinajstić information content (AvgIpc) is 2.92. The Labute approximate surface area is 146 Å². The van der Waals surface area contributed by atoms with E-state index in [-0.39, 0.29) is 17.6 Å². The van der Waals surface area contributed by atoms with Gasteiger partial charge in [0, 0.05) is 22.1 Å². The zero-order valence-electron chi connectivity index (χ0n) is 14.0. The number of thioether (sulfide) groups is 1. The number of hydrogen-bond donors (Lipinski definition) is 0. The largest absolute Gasteiger partial charge is 0.295 e. The molecule has 1 aliphatic heterocycles. The maximum Gasteiger partial charge on any atom is 0.158 e. The molecule has 3 nitrogen and oxygen atoms in total. The Hall–Kier alpha value is -1.38. The van der Waals surface area contributed by atoms with E-state index in [1.165, 1.54) is 0 Å². The van der Waals surface area contributed by atoms with Crippen LogP contribution in [0, 0.1) is 24.2 Å². The lowest BCUT2D eigenvalue weighted by Gasteiger charge is -2.29. The van der Waals surface area contributed by atoms with Crippen LogP contribution in [0.1, 0.15) is 50.0 Å². The van der Waals surface area contributed by atoms with E-state index >= 15 is 0 Å². The lowest BCUT2D eigenvalue weighted by Crippen LogP contribution is -2.28. The molecule has 0 aliphatic carbocycles. The lowest BCUT2D eigenvalue weighted by molar-refractivity contribution is -0.114. The van der Waals surface area contributed by atoms with Gasteiger partial charge in [-0.25, -0.2) is 4.99 Å². The van der Waals surface area contributed by atoms with Gasteiger partial charge in [-0.05, 0) is 50.0 Å². The summed E-state index contributed by atoms with van der Waals surface area (Å²) < 4.78 is 0. The van der Waals surface area contributed by atoms with Gasteiger partial charge in [0.05, 0.1) is 11.1 Å². The minimum absolute atomic E-state index is 0.0157. The number of aliphatic imine (C=N–C) groups is 1. The van der Waals surface area contributed by atoms with Crippen molar-refractivity contribution in [1.29, 1.82) is 5.26 Å². The molecule has 1 aliphatic rings. The van der Waals surface area contributed by atoms with E-state index in [2.05, 4.69) is 24.1 Å². The molecule has 2 rings (SSSR count). The molecular formula is C18H22N2OS2. The number of aryl methyl sites for hydroxylation is 1. The van der Waals surface area contributed by atoms with Crippen LogP contribution in [-0.4, -0.2) is 16.6 Å². The lowest BCUT2D eigenvalue weighted by atomic mass is 9.80. The van der Waals surface area contributed by atoms with Gasteiger partial charge in [-0.1, -0.05) is 13.3 Å². The second-order valence-corrected chi connectivity index (χ2v) is 7.82. The number of carbonyl (C=O) groups is 1. The third kappa shape index (κ3) is 3.76. The number of carbonyl (C=O) groups excluding carboxylic acids is 1. The van der Waals surface area contributed by atoms with Crippen molar-refractivity contribution in [2.45, 2.75) is 46.5 Å². The van der Waals surface area contributed by atoms with Crippen LogP contribution in [0.25, 0.3) is 0 Å². The van der Waals surface area contributed by atoms with Crippen molar-refractivity contribution in [2.75, 3.05) is 5.75 Å². The van der Waals surface area contributed by atoms with Crippen LogP contribution in [0.15, 0.2) is 27.7 Å². The van der Waals surface area contributed by atoms with Gasteiger partial charge in [-0.15, -0.1) is 23.1 Å². The van der Waals surface area contributed by atoms with Crippen LogP contribution in [-0.2, 0) is 4.79 Å². The molecule has 0 saturated heterocycles. The van der Waals surface area contributed by atoms with Crippen molar-refractivity contribution in [3.8, 4) is 6.07 Å². The number of hydrogen-bond acceptors (Lipinski definition) is 5. The van der Waals surface area contributed by atoms with Gasteiger partial charge in [-0.3, -0.25) is 4.79 Å². The molecule has 0 saturated carbocycles. The van der Waals surface area contributed by atoms with E-state index in [4.69, 9.17) is 0 Å². The Kier molecular flexibility index (Phi) is 6.20. The molecule has 0 aromatic carbocycles. The van der Waals surface area contributed by atoms with Gasteiger partial charge in [0.15, 0.2) is 5.78 Å². The minimum Gasteiger partial charge on any atom is -0.295 e. The van der Waals surface area contributed by atoms with Crippen molar-refractivity contribution in [3.63, 3.8) is 0 Å². The standard InChI is InChI=1S/C18H22N2OS2/c1-5-6-8-23-18-14(10-19)16(17-11(2)7-9-22-17)15(13(4)21)12(3)20-18/h7,9,14,16H,5-6,8H2,1-4H3/t14?,16-/m1/s1. The molecule has 1 aromatic heterocycles. The summed E-state index contributed by atoms with van der Waals surface area (Å²) in [5.74, 6) is 0.435. The highest BCUT2D eigenvalue weighted by atomic mass is 32.2. The average molecular weight is 347 g/mol. The van der Waals surface area contributed by atoms with Crippen molar-refractivity contribution < 1.29 is 4.79 Å². The fourth-order valence-corrected chi connectivity index (χ4v) is 5.15. The Morgan fingerprint density at radius 3 is 2.74 bits per heavy atom. The topological polar surface area (TPSA) is 53.2 Å². The number of nitriles is 1. The van der Waals surface area contributed by atoms with Gasteiger partial charge in [-0.2, -0.15) is 5.26 Å². The van der Waals surface area contributed by atoms with Crippen molar-refractivity contribution in [2.24, 2.45) is 10.9 Å². The van der Waals surface area contributed by atoms with Crippen LogP contribution < -0.4 is 0 Å². The van der Waals surface area contributed by atoms with Crippen LogP contribution in [0.2, 0.25) is 0 Å². The number of rotatable bonds is 5. The van der Waals surface area contributed by atoms with Crippen molar-refractivity contribution in [3.05, 3.63) is 33.2 Å². The highest BCUT2D eigenvalue weighted by molar-refractivity contribution is 8.14. The Morgan fingerprint density at radius 1 is 1.48 bits per heavy atom. The first kappa shape index (κ1) is 18.0. The predicted molar refractivity (Wildman–Crippen MR) is 99.1 cm³/mol. The van der Waals surface area contributed by atoms with E-state index < -0.39 is 0 Å². The van der Waals surface area contributed by atoms with Crippen LogP contribution in [0.5, 0.6) is 0 Å². The highest BCUT2D eigenvalue weighted by Crippen LogP contribution is 2.44. The number of ketones is 1. The molecule has 0 N–H and O–H groups in total. The van der Waals surface area contributed by atoms with Crippen LogP contribution in [0.3, 0.4) is 0 Å². The van der Waals surface area contributed by atoms with Crippen LogP contribution >= 0.6 is 23.1 Å². The third-order valence-electron chi connectivity index (χ3n) is 4.03. The number of nitrogens with zero attached hydrogens (tertiary/aromatic N) is 2. The Bertz CT molecular complexity index is 694. The molecule has 0 radical (unpaired) electrons. The maximum atomic E-state index is 12.2. The number of allylic oxidation sites excluding steroid dienone is 2. The molecule has 5 heteroatoms. The summed E-state index contributed by atoms with van der Waals surface area (Å²) >= 11 is 3.29. The van der Waals surface area contributed by atoms with Crippen molar-refractivity contribution in [1.82, 2.24) is 0 Å². The highest BCUT2D eigenvalue weighted by Gasteiger charge is 2.38. The first-order valence-corrected chi connectivity index (χ1v) is 9.74. The summed E-state index contributed by atoms with van der Waals surface area (Å²) in [6, 6.07) is 4.47. The van der Waals surface area contributed by atoms with E-state index in [0.717, 1.165) is 39.8 Å². The molecular weight excluding hydrogens is 324 g/mol. The fraction of sp³-hybridized carbons (Fsp3) is 0.500. The van der Waals surface area contributed by atoms with Gasteiger partial charge >= 0.3 is 0 Å². The first-order chi connectivity index (χ1) is 11.0. The van der Waals surface area contributed by atoms with Gasteiger partial charge in [0.1, 0.15) is 5.92 Å². The van der Waals surface area contributed by atoms with E-state index in [9.17, 15) is 10.1 Å². The summed E-state index contributed by atoms with van der Waals surface area (Å²) in [6.07, 6.45) is 2.23. The Balaban J connectivity index is 2.49. The predicted octanol–water partition coefficient (Wildman–Crippen LogP) is 5.09. The normalized spacial score (nSPS) is 21.1. The van der Waals surface area contributed by atoms with E-state index in [1.54, 1.807) is 30.0 Å². The molecule has 2 heterocycles. The van der Waals surface area contributed by atoms with E-state index in [1.807, 2.05) is 19.2 Å².